The summed E-state index contributed by atoms with van der Waals surface area (Å²) in [6, 6.07) is 0. The van der Waals surface area contributed by atoms with E-state index in [0.29, 0.717) is 13.0 Å². The van der Waals surface area contributed by atoms with Gasteiger partial charge in [-0.1, -0.05) is 124 Å². The zero-order chi connectivity index (χ0) is 33.1. The van der Waals surface area contributed by atoms with Crippen molar-refractivity contribution >= 4 is 11.9 Å². The first kappa shape index (κ1) is 41.1. The molecular weight excluding hydrogens is 544 g/mol. The van der Waals surface area contributed by atoms with E-state index in [1.165, 1.54) is 87.9 Å². The number of hydrogen-bond acceptors (Lipinski definition) is 3. The molecule has 248 valence electrons. The summed E-state index contributed by atoms with van der Waals surface area (Å²) in [6.07, 6.45) is 38.6. The number of ether oxygens (including phenoxy) is 1. The van der Waals surface area contributed by atoms with Crippen LogP contribution in [0.1, 0.15) is 145 Å². The van der Waals surface area contributed by atoms with Gasteiger partial charge in [-0.25, -0.2) is 0 Å². The van der Waals surface area contributed by atoms with Crippen molar-refractivity contribution in [2.75, 3.05) is 6.61 Å². The third kappa shape index (κ3) is 24.6. The van der Waals surface area contributed by atoms with Gasteiger partial charge in [-0.15, -0.1) is 0 Å². The van der Waals surface area contributed by atoms with E-state index in [1.54, 1.807) is 0 Å². The Hall–Kier alpha value is -2.88. The fraction of sp³-hybridized carbons (Fsp3) is 0.600. The molecule has 0 aromatic rings. The van der Waals surface area contributed by atoms with Crippen LogP contribution in [0.2, 0.25) is 0 Å². The quantitative estimate of drug-likeness (QED) is 0.0646. The molecule has 0 atom stereocenters. The highest BCUT2D eigenvalue weighted by molar-refractivity contribution is 5.66. The molecule has 0 aromatic heterocycles. The molecule has 0 heterocycles. The van der Waals surface area contributed by atoms with Crippen molar-refractivity contribution in [3.8, 4) is 0 Å². The van der Waals surface area contributed by atoms with Crippen LogP contribution in [0.3, 0.4) is 0 Å². The summed E-state index contributed by atoms with van der Waals surface area (Å²) in [5, 5.41) is 8.50. The Balaban J connectivity index is 0.000000856. The Kier molecular flexibility index (Phi) is 24.8. The van der Waals surface area contributed by atoms with Gasteiger partial charge in [0.05, 0.1) is 0 Å². The van der Waals surface area contributed by atoms with Crippen molar-refractivity contribution in [1.29, 1.82) is 0 Å². The minimum Gasteiger partial charge on any atom is -0.481 e. The minimum atomic E-state index is -0.671. The van der Waals surface area contributed by atoms with Gasteiger partial charge in [0, 0.05) is 13.3 Å². The highest BCUT2D eigenvalue weighted by Crippen LogP contribution is 2.40. The lowest BCUT2D eigenvalue weighted by Crippen LogP contribution is -2.19. The first-order valence-corrected chi connectivity index (χ1v) is 17.0. The fourth-order valence-corrected chi connectivity index (χ4v) is 5.08. The number of carbonyl (C=O) groups excluding carboxylic acids is 1. The van der Waals surface area contributed by atoms with E-state index >= 15 is 0 Å². The van der Waals surface area contributed by atoms with Gasteiger partial charge < -0.3 is 9.84 Å². The van der Waals surface area contributed by atoms with Crippen LogP contribution in [0.5, 0.6) is 0 Å². The zero-order valence-electron chi connectivity index (χ0n) is 29.3. The van der Waals surface area contributed by atoms with E-state index in [2.05, 4.69) is 77.2 Å². The molecule has 1 aliphatic rings. The summed E-state index contributed by atoms with van der Waals surface area (Å²) in [6.45, 7) is 15.0. The molecule has 0 unspecified atom stereocenters. The van der Waals surface area contributed by atoms with Crippen molar-refractivity contribution < 1.29 is 19.4 Å². The predicted molar refractivity (Wildman–Crippen MR) is 190 cm³/mol. The van der Waals surface area contributed by atoms with Crippen LogP contribution in [-0.2, 0) is 14.3 Å². The first-order valence-electron chi connectivity index (χ1n) is 17.0. The van der Waals surface area contributed by atoms with Crippen molar-refractivity contribution in [3.05, 3.63) is 83.1 Å². The van der Waals surface area contributed by atoms with Crippen LogP contribution >= 0.6 is 0 Å². The van der Waals surface area contributed by atoms with Crippen LogP contribution in [0.4, 0.5) is 0 Å². The van der Waals surface area contributed by atoms with Crippen molar-refractivity contribution in [3.63, 3.8) is 0 Å². The second-order valence-corrected chi connectivity index (χ2v) is 12.7. The Labute approximate surface area is 270 Å². The largest absolute Gasteiger partial charge is 0.481 e. The van der Waals surface area contributed by atoms with Crippen LogP contribution in [0.25, 0.3) is 0 Å². The molecule has 1 rings (SSSR count). The summed E-state index contributed by atoms with van der Waals surface area (Å²) in [7, 11) is 0. The maximum absolute atomic E-state index is 10.7. The van der Waals surface area contributed by atoms with E-state index < -0.39 is 5.97 Å². The van der Waals surface area contributed by atoms with Gasteiger partial charge >= 0.3 is 11.9 Å². The lowest BCUT2D eigenvalue weighted by molar-refractivity contribution is -0.140. The second-order valence-electron chi connectivity index (χ2n) is 12.7. The van der Waals surface area contributed by atoms with Gasteiger partial charge in [-0.3, -0.25) is 9.59 Å². The molecule has 44 heavy (non-hydrogen) atoms. The van der Waals surface area contributed by atoms with Crippen molar-refractivity contribution in [2.24, 2.45) is 5.41 Å². The van der Waals surface area contributed by atoms with Crippen LogP contribution in [-0.4, -0.2) is 23.7 Å². The van der Waals surface area contributed by atoms with Crippen molar-refractivity contribution in [1.82, 2.24) is 0 Å². The van der Waals surface area contributed by atoms with E-state index in [0.717, 1.165) is 31.3 Å². The van der Waals surface area contributed by atoms with Gasteiger partial charge in [-0.05, 0) is 95.6 Å². The SMILES string of the molecule is CC(=O)OCC=C(C)C=CC=C(C)C=CC1=C(C)CCCC1(C)C.CCCCC/C=C\C/C=C\CCCCCCCC(=O)O. The Morgan fingerprint density at radius 3 is 2.11 bits per heavy atom. The molecule has 1 N–H and O–H groups in total. The van der Waals surface area contributed by atoms with Crippen LogP contribution < -0.4 is 0 Å². The van der Waals surface area contributed by atoms with Crippen molar-refractivity contribution in [2.45, 2.75) is 145 Å². The number of carboxylic acids is 1. The normalized spacial score (nSPS) is 15.9. The average molecular weight is 609 g/mol. The molecule has 4 nitrogen and oxygen atoms in total. The van der Waals surface area contributed by atoms with E-state index in [1.807, 2.05) is 25.2 Å². The monoisotopic (exact) mass is 608 g/mol. The van der Waals surface area contributed by atoms with Gasteiger partial charge in [0.2, 0.25) is 0 Å². The highest BCUT2D eigenvalue weighted by Gasteiger charge is 2.26. The Morgan fingerprint density at radius 1 is 0.864 bits per heavy atom. The maximum Gasteiger partial charge on any atom is 0.303 e. The molecule has 0 spiro atoms. The van der Waals surface area contributed by atoms with Gasteiger partial charge in [-0.2, -0.15) is 0 Å². The number of hydrogen-bond donors (Lipinski definition) is 1. The summed E-state index contributed by atoms with van der Waals surface area (Å²) in [5.74, 6) is -0.921. The molecule has 0 aromatic carbocycles. The lowest BCUT2D eigenvalue weighted by atomic mass is 9.72. The zero-order valence-corrected chi connectivity index (χ0v) is 29.3. The summed E-state index contributed by atoms with van der Waals surface area (Å²) >= 11 is 0. The molecule has 0 aliphatic heterocycles. The standard InChI is InChI=1S/C22H32O2.C18H32O2/c1-17(9-7-10-18(2)14-16-24-20(4)23)12-13-21-19(3)11-8-15-22(21,5)6;1-2-3-4-5-6-7-8-9-10-11-12-13-14-15-16-17-18(19)20/h7,9-10,12-14H,8,11,15-16H2,1-6H3;6-7,9-10H,2-5,8,11-17H2,1H3,(H,19,20)/b;7-6-,10-9-. The summed E-state index contributed by atoms with van der Waals surface area (Å²) < 4.78 is 4.89. The molecule has 0 amide bonds. The molecule has 1 aliphatic carbocycles. The number of carbonyl (C=O) groups is 2. The van der Waals surface area contributed by atoms with E-state index in [4.69, 9.17) is 9.84 Å². The fourth-order valence-electron chi connectivity index (χ4n) is 5.08. The number of carboxylic acid groups (broad SMARTS) is 1. The Morgan fingerprint density at radius 2 is 1.50 bits per heavy atom. The summed E-state index contributed by atoms with van der Waals surface area (Å²) in [5.41, 5.74) is 5.60. The van der Waals surface area contributed by atoms with Gasteiger partial charge in [0.15, 0.2) is 0 Å². The third-order valence-electron chi connectivity index (χ3n) is 7.81. The van der Waals surface area contributed by atoms with Gasteiger partial charge in [0.25, 0.3) is 0 Å². The minimum absolute atomic E-state index is 0.251. The molecule has 4 heteroatoms. The van der Waals surface area contributed by atoms with Gasteiger partial charge in [0.1, 0.15) is 6.61 Å². The molecule has 0 bridgehead atoms. The first-order chi connectivity index (χ1) is 21.0. The second kappa shape index (κ2) is 26.5. The average Bonchev–Trinajstić information content (AvgIpc) is 2.94. The molecule has 0 radical (unpaired) electrons. The maximum atomic E-state index is 10.7. The highest BCUT2D eigenvalue weighted by atomic mass is 16.5. The number of rotatable bonds is 20. The summed E-state index contributed by atoms with van der Waals surface area (Å²) in [4.78, 5) is 21.0. The topological polar surface area (TPSA) is 63.6 Å². The van der Waals surface area contributed by atoms with E-state index in [9.17, 15) is 9.59 Å². The number of unbranched alkanes of at least 4 members (excludes halogenated alkanes) is 8. The third-order valence-corrected chi connectivity index (χ3v) is 7.81. The molecular formula is C40H64O4. The Bertz CT molecular complexity index is 1010. The number of allylic oxidation sites excluding steroid dienone is 13. The number of aliphatic carboxylic acids is 1. The van der Waals surface area contributed by atoms with Crippen LogP contribution in [0.15, 0.2) is 83.1 Å². The number of esters is 1. The smallest absolute Gasteiger partial charge is 0.303 e. The molecule has 0 saturated heterocycles. The lowest BCUT2D eigenvalue weighted by Gasteiger charge is -2.32. The van der Waals surface area contributed by atoms with E-state index in [-0.39, 0.29) is 11.4 Å². The van der Waals surface area contributed by atoms with Crippen LogP contribution in [0, 0.1) is 5.41 Å². The molecule has 0 saturated carbocycles. The predicted octanol–water partition coefficient (Wildman–Crippen LogP) is 12.0. The molecule has 0 fully saturated rings.